The first-order valence-electron chi connectivity index (χ1n) is 7.87. The number of carbonyl (C=O) groups is 1. The molecule has 0 heterocycles. The van der Waals surface area contributed by atoms with Gasteiger partial charge in [0.05, 0.1) is 0 Å². The van der Waals surface area contributed by atoms with E-state index in [4.69, 9.17) is 11.6 Å². The van der Waals surface area contributed by atoms with E-state index in [2.05, 4.69) is 41.8 Å². The van der Waals surface area contributed by atoms with Crippen molar-refractivity contribution in [1.82, 2.24) is 5.32 Å². The summed E-state index contributed by atoms with van der Waals surface area (Å²) in [6.07, 6.45) is 2.24. The number of hydrogen-bond donors (Lipinski definition) is 2. The summed E-state index contributed by atoms with van der Waals surface area (Å²) in [7, 11) is 0. The summed E-state index contributed by atoms with van der Waals surface area (Å²) in [6, 6.07) is 13.9. The lowest BCUT2D eigenvalue weighted by molar-refractivity contribution is 0.251. The molecule has 1 aliphatic carbocycles. The van der Waals surface area contributed by atoms with E-state index >= 15 is 0 Å². The molecule has 1 aliphatic rings. The molecule has 2 aromatic carbocycles. The Morgan fingerprint density at radius 3 is 2.48 bits per heavy atom. The summed E-state index contributed by atoms with van der Waals surface area (Å²) >= 11 is 5.98. The number of benzene rings is 2. The second-order valence-corrected chi connectivity index (χ2v) is 6.85. The molecule has 0 atom stereocenters. The predicted octanol–water partition coefficient (Wildman–Crippen LogP) is 4.81. The Bertz CT molecular complexity index is 721. The molecular weight excluding hydrogens is 308 g/mol. The smallest absolute Gasteiger partial charge is 0.319 e. The van der Waals surface area contributed by atoms with Crippen LogP contribution in [0, 0.1) is 13.8 Å². The van der Waals surface area contributed by atoms with Crippen LogP contribution < -0.4 is 10.6 Å². The first-order valence-corrected chi connectivity index (χ1v) is 8.24. The zero-order chi connectivity index (χ0) is 16.4. The quantitative estimate of drug-likeness (QED) is 0.830. The van der Waals surface area contributed by atoms with E-state index in [-0.39, 0.29) is 11.4 Å². The Balaban J connectivity index is 1.61. The molecular formula is C19H21ClN2O. The minimum absolute atomic E-state index is 0.106. The summed E-state index contributed by atoms with van der Waals surface area (Å²) in [5.41, 5.74) is 4.41. The number of amides is 2. The number of anilines is 1. The van der Waals surface area contributed by atoms with Gasteiger partial charge in [-0.15, -0.1) is 0 Å². The van der Waals surface area contributed by atoms with E-state index in [1.54, 1.807) is 6.07 Å². The van der Waals surface area contributed by atoms with E-state index in [1.165, 1.54) is 11.1 Å². The Labute approximate surface area is 142 Å². The molecule has 0 radical (unpaired) electrons. The maximum absolute atomic E-state index is 12.2. The molecule has 0 aromatic heterocycles. The maximum atomic E-state index is 12.2. The molecule has 0 aliphatic heterocycles. The fourth-order valence-corrected chi connectivity index (χ4v) is 2.94. The highest BCUT2D eigenvalue weighted by Gasteiger charge is 2.44. The molecule has 0 spiro atoms. The van der Waals surface area contributed by atoms with Crippen molar-refractivity contribution in [2.75, 3.05) is 11.9 Å². The Hall–Kier alpha value is -2.00. The third kappa shape index (κ3) is 3.67. The lowest BCUT2D eigenvalue weighted by Crippen LogP contribution is -2.35. The minimum atomic E-state index is -0.186. The number of rotatable bonds is 4. The lowest BCUT2D eigenvalue weighted by Gasteiger charge is -2.17. The molecule has 2 N–H and O–H groups in total. The molecule has 2 amide bonds. The maximum Gasteiger partial charge on any atom is 0.319 e. The van der Waals surface area contributed by atoms with Crippen LogP contribution in [0.4, 0.5) is 10.5 Å². The van der Waals surface area contributed by atoms with Crippen molar-refractivity contribution in [3.8, 4) is 0 Å². The van der Waals surface area contributed by atoms with Gasteiger partial charge in [0, 0.05) is 22.7 Å². The Morgan fingerprint density at radius 1 is 1.13 bits per heavy atom. The van der Waals surface area contributed by atoms with E-state index < -0.39 is 0 Å². The molecule has 23 heavy (non-hydrogen) atoms. The van der Waals surface area contributed by atoms with Crippen molar-refractivity contribution >= 4 is 23.3 Å². The van der Waals surface area contributed by atoms with Gasteiger partial charge in [0.15, 0.2) is 0 Å². The largest absolute Gasteiger partial charge is 0.337 e. The monoisotopic (exact) mass is 328 g/mol. The summed E-state index contributed by atoms with van der Waals surface area (Å²) in [6.45, 7) is 4.69. The van der Waals surface area contributed by atoms with Gasteiger partial charge in [0.25, 0.3) is 0 Å². The first kappa shape index (κ1) is 15.9. The number of aryl methyl sites for hydroxylation is 2. The summed E-state index contributed by atoms with van der Waals surface area (Å²) in [5.74, 6) is 0. The van der Waals surface area contributed by atoms with E-state index in [9.17, 15) is 4.79 Å². The molecule has 4 heteroatoms. The number of hydrogen-bond acceptors (Lipinski definition) is 1. The molecule has 1 saturated carbocycles. The van der Waals surface area contributed by atoms with E-state index in [0.717, 1.165) is 24.1 Å². The molecule has 3 rings (SSSR count). The number of halogens is 1. The SMILES string of the molecule is Cc1ccc(C2(CNC(=O)Nc3cc(Cl)ccc3C)CC2)cc1. The third-order valence-electron chi connectivity index (χ3n) is 4.55. The summed E-state index contributed by atoms with van der Waals surface area (Å²) in [5, 5.41) is 6.49. The third-order valence-corrected chi connectivity index (χ3v) is 4.79. The van der Waals surface area contributed by atoms with Crippen LogP contribution in [0.1, 0.15) is 29.5 Å². The van der Waals surface area contributed by atoms with Gasteiger partial charge in [-0.05, 0) is 49.9 Å². The van der Waals surface area contributed by atoms with Crippen LogP contribution in [0.5, 0.6) is 0 Å². The van der Waals surface area contributed by atoms with Crippen LogP contribution in [0.15, 0.2) is 42.5 Å². The van der Waals surface area contributed by atoms with Crippen LogP contribution >= 0.6 is 11.6 Å². The minimum Gasteiger partial charge on any atom is -0.337 e. The number of carbonyl (C=O) groups excluding carboxylic acids is 1. The Morgan fingerprint density at radius 2 is 1.83 bits per heavy atom. The van der Waals surface area contributed by atoms with E-state index in [1.807, 2.05) is 19.1 Å². The standard InChI is InChI=1S/C19H21ClN2O/c1-13-3-6-15(7-4-13)19(9-10-19)12-21-18(23)22-17-11-16(20)8-5-14(17)2/h3-8,11H,9-10,12H2,1-2H3,(H2,21,22,23). The number of urea groups is 1. The van der Waals surface area contributed by atoms with E-state index in [0.29, 0.717) is 11.6 Å². The van der Waals surface area contributed by atoms with Crippen molar-refractivity contribution in [1.29, 1.82) is 0 Å². The highest BCUT2D eigenvalue weighted by atomic mass is 35.5. The highest BCUT2D eigenvalue weighted by molar-refractivity contribution is 6.31. The second kappa shape index (κ2) is 6.25. The molecule has 0 saturated heterocycles. The molecule has 0 bridgehead atoms. The molecule has 0 unspecified atom stereocenters. The molecule has 2 aromatic rings. The van der Waals surface area contributed by atoms with Crippen LogP contribution in [0.25, 0.3) is 0 Å². The van der Waals surface area contributed by atoms with Gasteiger partial charge >= 0.3 is 6.03 Å². The zero-order valence-corrected chi connectivity index (χ0v) is 14.2. The van der Waals surface area contributed by atoms with Crippen LogP contribution in [0.2, 0.25) is 5.02 Å². The second-order valence-electron chi connectivity index (χ2n) is 6.41. The fraction of sp³-hybridized carbons (Fsp3) is 0.316. The van der Waals surface area contributed by atoms with Gasteiger partial charge in [-0.3, -0.25) is 0 Å². The molecule has 3 nitrogen and oxygen atoms in total. The van der Waals surface area contributed by atoms with Crippen molar-refractivity contribution in [3.05, 3.63) is 64.2 Å². The van der Waals surface area contributed by atoms with Gasteiger partial charge in [-0.2, -0.15) is 0 Å². The number of nitrogens with one attached hydrogen (secondary N) is 2. The van der Waals surface area contributed by atoms with Gasteiger partial charge < -0.3 is 10.6 Å². The summed E-state index contributed by atoms with van der Waals surface area (Å²) < 4.78 is 0. The molecule has 120 valence electrons. The van der Waals surface area contributed by atoms with Crippen molar-refractivity contribution < 1.29 is 4.79 Å². The predicted molar refractivity (Wildman–Crippen MR) is 95.3 cm³/mol. The van der Waals surface area contributed by atoms with Crippen molar-refractivity contribution in [2.45, 2.75) is 32.1 Å². The van der Waals surface area contributed by atoms with Gasteiger partial charge in [0.1, 0.15) is 0 Å². The van der Waals surface area contributed by atoms with Gasteiger partial charge in [-0.25, -0.2) is 4.79 Å². The zero-order valence-electron chi connectivity index (χ0n) is 13.4. The van der Waals surface area contributed by atoms with Crippen molar-refractivity contribution in [2.24, 2.45) is 0 Å². The molecule has 1 fully saturated rings. The van der Waals surface area contributed by atoms with Gasteiger partial charge in [0.2, 0.25) is 0 Å². The first-order chi connectivity index (χ1) is 11.0. The normalized spacial score (nSPS) is 15.1. The fourth-order valence-electron chi connectivity index (χ4n) is 2.77. The Kier molecular flexibility index (Phi) is 4.31. The van der Waals surface area contributed by atoms with Crippen LogP contribution in [-0.4, -0.2) is 12.6 Å². The summed E-state index contributed by atoms with van der Waals surface area (Å²) in [4.78, 5) is 12.2. The average Bonchev–Trinajstić information content (AvgIpc) is 3.31. The van der Waals surface area contributed by atoms with Crippen LogP contribution in [-0.2, 0) is 5.41 Å². The topological polar surface area (TPSA) is 41.1 Å². The van der Waals surface area contributed by atoms with Gasteiger partial charge in [-0.1, -0.05) is 47.5 Å². The van der Waals surface area contributed by atoms with Crippen LogP contribution in [0.3, 0.4) is 0 Å². The van der Waals surface area contributed by atoms with Crippen molar-refractivity contribution in [3.63, 3.8) is 0 Å². The lowest BCUT2D eigenvalue weighted by atomic mass is 9.95. The highest BCUT2D eigenvalue weighted by Crippen LogP contribution is 2.47. The average molecular weight is 329 g/mol.